The van der Waals surface area contributed by atoms with E-state index < -0.39 is 0 Å². The van der Waals surface area contributed by atoms with E-state index >= 15 is 0 Å². The number of H-pyrrole nitrogens is 1. The van der Waals surface area contributed by atoms with Crippen molar-refractivity contribution in [1.82, 2.24) is 24.9 Å². The SMILES string of the molecule is O=C(CCc1cnn(-c2ccccc2)c1)N1CCC[C@H](c2ccn[nH]2)C1. The maximum atomic E-state index is 12.6. The fourth-order valence-corrected chi connectivity index (χ4v) is 3.57. The van der Waals surface area contributed by atoms with E-state index in [1.165, 1.54) is 0 Å². The molecule has 1 N–H and O–H groups in total. The zero-order valence-corrected chi connectivity index (χ0v) is 14.7. The van der Waals surface area contributed by atoms with Crippen LogP contribution in [0.2, 0.25) is 0 Å². The molecule has 3 heterocycles. The number of amides is 1. The molecule has 2 aromatic heterocycles. The van der Waals surface area contributed by atoms with Gasteiger partial charge in [0, 0.05) is 43.5 Å². The van der Waals surface area contributed by atoms with Gasteiger partial charge < -0.3 is 4.90 Å². The third-order valence-corrected chi connectivity index (χ3v) is 5.02. The van der Waals surface area contributed by atoms with Crippen LogP contribution in [0, 0.1) is 0 Å². The molecule has 1 aromatic carbocycles. The first-order valence-electron chi connectivity index (χ1n) is 9.15. The average Bonchev–Trinajstić information content (AvgIpc) is 3.39. The van der Waals surface area contributed by atoms with Crippen LogP contribution in [0.4, 0.5) is 0 Å². The Balaban J connectivity index is 1.33. The van der Waals surface area contributed by atoms with Crippen LogP contribution in [0.15, 0.2) is 55.0 Å². The monoisotopic (exact) mass is 349 g/mol. The highest BCUT2D eigenvalue weighted by molar-refractivity contribution is 5.76. The molecule has 1 amide bonds. The van der Waals surface area contributed by atoms with Gasteiger partial charge in [0.25, 0.3) is 0 Å². The summed E-state index contributed by atoms with van der Waals surface area (Å²) in [7, 11) is 0. The third kappa shape index (κ3) is 3.69. The van der Waals surface area contributed by atoms with Gasteiger partial charge in [0.2, 0.25) is 5.91 Å². The molecule has 6 heteroatoms. The largest absolute Gasteiger partial charge is 0.342 e. The number of likely N-dealkylation sites (tertiary alicyclic amines) is 1. The van der Waals surface area contributed by atoms with Crippen LogP contribution in [0.1, 0.15) is 36.4 Å². The molecule has 1 aliphatic rings. The van der Waals surface area contributed by atoms with Crippen molar-refractivity contribution in [3.05, 3.63) is 66.2 Å². The summed E-state index contributed by atoms with van der Waals surface area (Å²) >= 11 is 0. The molecular weight excluding hydrogens is 326 g/mol. The molecular formula is C20H23N5O. The molecule has 134 valence electrons. The molecule has 6 nitrogen and oxygen atoms in total. The molecule has 0 aliphatic carbocycles. The van der Waals surface area contributed by atoms with Gasteiger partial charge in [0.05, 0.1) is 11.9 Å². The highest BCUT2D eigenvalue weighted by Crippen LogP contribution is 2.25. The molecule has 0 bridgehead atoms. The predicted octanol–water partition coefficient (Wildman–Crippen LogP) is 2.93. The number of carbonyl (C=O) groups is 1. The standard InChI is InChI=1S/C20H23N5O/c26-20(24-12-4-5-17(15-24)19-10-11-21-23-19)9-8-16-13-22-25(14-16)18-6-2-1-3-7-18/h1-3,6-7,10-11,13-14,17H,4-5,8-9,12,15H2,(H,21,23)/t17-/m0/s1. The first kappa shape index (κ1) is 16.6. The van der Waals surface area contributed by atoms with E-state index in [9.17, 15) is 4.79 Å². The average molecular weight is 349 g/mol. The minimum Gasteiger partial charge on any atom is -0.342 e. The number of piperidine rings is 1. The zero-order chi connectivity index (χ0) is 17.8. The van der Waals surface area contributed by atoms with E-state index in [1.54, 1.807) is 6.20 Å². The summed E-state index contributed by atoms with van der Waals surface area (Å²) in [6, 6.07) is 12.0. The number of nitrogens with zero attached hydrogens (tertiary/aromatic N) is 4. The number of aromatic amines is 1. The minimum atomic E-state index is 0.224. The quantitative estimate of drug-likeness (QED) is 0.770. The predicted molar refractivity (Wildman–Crippen MR) is 99.0 cm³/mol. The van der Waals surface area contributed by atoms with Gasteiger partial charge in [0.1, 0.15) is 0 Å². The maximum absolute atomic E-state index is 12.6. The molecule has 26 heavy (non-hydrogen) atoms. The Morgan fingerprint density at radius 2 is 2.12 bits per heavy atom. The van der Waals surface area contributed by atoms with Gasteiger partial charge in [-0.05, 0) is 43.0 Å². The normalized spacial score (nSPS) is 17.4. The fraction of sp³-hybridized carbons (Fsp3) is 0.350. The lowest BCUT2D eigenvalue weighted by Gasteiger charge is -2.32. The van der Waals surface area contributed by atoms with Gasteiger partial charge >= 0.3 is 0 Å². The van der Waals surface area contributed by atoms with Gasteiger partial charge in [-0.15, -0.1) is 0 Å². The summed E-state index contributed by atoms with van der Waals surface area (Å²) in [5.74, 6) is 0.595. The number of rotatable bonds is 5. The Kier molecular flexibility index (Phi) is 4.82. The van der Waals surface area contributed by atoms with Crippen LogP contribution in [0.3, 0.4) is 0 Å². The molecule has 1 saturated heterocycles. The highest BCUT2D eigenvalue weighted by Gasteiger charge is 2.25. The number of aryl methyl sites for hydroxylation is 1. The Hall–Kier alpha value is -2.89. The molecule has 1 atom stereocenters. The van der Waals surface area contributed by atoms with Crippen molar-refractivity contribution in [3.8, 4) is 5.69 Å². The van der Waals surface area contributed by atoms with Crippen molar-refractivity contribution >= 4 is 5.91 Å². The van der Waals surface area contributed by atoms with Crippen molar-refractivity contribution in [2.24, 2.45) is 0 Å². The first-order valence-corrected chi connectivity index (χ1v) is 9.15. The number of nitrogens with one attached hydrogen (secondary N) is 1. The molecule has 1 aliphatic heterocycles. The molecule has 0 saturated carbocycles. The number of carbonyl (C=O) groups excluding carboxylic acids is 1. The Morgan fingerprint density at radius 3 is 2.92 bits per heavy atom. The second kappa shape index (κ2) is 7.56. The lowest BCUT2D eigenvalue weighted by atomic mass is 9.94. The van der Waals surface area contributed by atoms with E-state index in [1.807, 2.05) is 58.4 Å². The third-order valence-electron chi connectivity index (χ3n) is 5.02. The summed E-state index contributed by atoms with van der Waals surface area (Å²) in [6.45, 7) is 1.64. The van der Waals surface area contributed by atoms with Crippen molar-refractivity contribution in [1.29, 1.82) is 0 Å². The van der Waals surface area contributed by atoms with Gasteiger partial charge in [-0.1, -0.05) is 18.2 Å². The van der Waals surface area contributed by atoms with E-state index in [2.05, 4.69) is 15.3 Å². The Morgan fingerprint density at radius 1 is 1.23 bits per heavy atom. The second-order valence-corrected chi connectivity index (χ2v) is 6.82. The fourth-order valence-electron chi connectivity index (χ4n) is 3.57. The Labute approximate surface area is 152 Å². The van der Waals surface area contributed by atoms with Crippen LogP contribution in [-0.4, -0.2) is 43.9 Å². The number of benzene rings is 1. The van der Waals surface area contributed by atoms with Gasteiger partial charge in [-0.3, -0.25) is 9.89 Å². The highest BCUT2D eigenvalue weighted by atomic mass is 16.2. The van der Waals surface area contributed by atoms with Crippen molar-refractivity contribution in [2.45, 2.75) is 31.6 Å². The van der Waals surface area contributed by atoms with Crippen LogP contribution in [-0.2, 0) is 11.2 Å². The molecule has 0 spiro atoms. The van der Waals surface area contributed by atoms with E-state index in [-0.39, 0.29) is 5.91 Å². The molecule has 0 unspecified atom stereocenters. The van der Waals surface area contributed by atoms with Crippen LogP contribution < -0.4 is 0 Å². The van der Waals surface area contributed by atoms with Crippen LogP contribution >= 0.6 is 0 Å². The Bertz CT molecular complexity index is 840. The number of hydrogen-bond donors (Lipinski definition) is 1. The van der Waals surface area contributed by atoms with E-state index in [0.717, 1.165) is 49.3 Å². The molecule has 3 aromatic rings. The van der Waals surface area contributed by atoms with Crippen molar-refractivity contribution < 1.29 is 4.79 Å². The first-order chi connectivity index (χ1) is 12.8. The maximum Gasteiger partial charge on any atom is 0.222 e. The summed E-state index contributed by atoms with van der Waals surface area (Å²) in [6.07, 6.45) is 9.03. The van der Waals surface area contributed by atoms with Gasteiger partial charge in [0.15, 0.2) is 0 Å². The van der Waals surface area contributed by atoms with Gasteiger partial charge in [-0.2, -0.15) is 10.2 Å². The van der Waals surface area contributed by atoms with E-state index in [4.69, 9.17) is 0 Å². The van der Waals surface area contributed by atoms with Crippen LogP contribution in [0.25, 0.3) is 5.69 Å². The summed E-state index contributed by atoms with van der Waals surface area (Å²) in [5, 5.41) is 11.5. The smallest absolute Gasteiger partial charge is 0.222 e. The summed E-state index contributed by atoms with van der Waals surface area (Å²) in [5.41, 5.74) is 3.25. The van der Waals surface area contributed by atoms with E-state index in [0.29, 0.717) is 12.3 Å². The molecule has 4 rings (SSSR count). The van der Waals surface area contributed by atoms with Crippen molar-refractivity contribution in [2.75, 3.05) is 13.1 Å². The second-order valence-electron chi connectivity index (χ2n) is 6.82. The number of aromatic nitrogens is 4. The summed E-state index contributed by atoms with van der Waals surface area (Å²) < 4.78 is 1.86. The van der Waals surface area contributed by atoms with Crippen molar-refractivity contribution in [3.63, 3.8) is 0 Å². The molecule has 0 radical (unpaired) electrons. The topological polar surface area (TPSA) is 66.8 Å². The minimum absolute atomic E-state index is 0.224. The van der Waals surface area contributed by atoms with Gasteiger partial charge in [-0.25, -0.2) is 4.68 Å². The zero-order valence-electron chi connectivity index (χ0n) is 14.7. The summed E-state index contributed by atoms with van der Waals surface area (Å²) in [4.78, 5) is 14.6. The number of para-hydroxylation sites is 1. The lowest BCUT2D eigenvalue weighted by Crippen LogP contribution is -2.39. The number of hydrogen-bond acceptors (Lipinski definition) is 3. The lowest BCUT2D eigenvalue weighted by molar-refractivity contribution is -0.132. The molecule has 1 fully saturated rings. The van der Waals surface area contributed by atoms with Crippen LogP contribution in [0.5, 0.6) is 0 Å².